The van der Waals surface area contributed by atoms with Gasteiger partial charge in [-0.1, -0.05) is 33.0 Å². The monoisotopic (exact) mass is 329 g/mol. The highest BCUT2D eigenvalue weighted by Crippen LogP contribution is 2.19. The summed E-state index contributed by atoms with van der Waals surface area (Å²) in [5.41, 5.74) is 0.0218. The summed E-state index contributed by atoms with van der Waals surface area (Å²) >= 11 is 5.31. The lowest BCUT2D eigenvalue weighted by atomic mass is 9.89. The van der Waals surface area contributed by atoms with Gasteiger partial charge in [0.2, 0.25) is 0 Å². The molecule has 0 unspecified atom stereocenters. The van der Waals surface area contributed by atoms with Crippen LogP contribution in [0.25, 0.3) is 0 Å². The zero-order valence-electron chi connectivity index (χ0n) is 13.3. The molecule has 1 heterocycles. The van der Waals surface area contributed by atoms with Crippen LogP contribution in [0.2, 0.25) is 0 Å². The van der Waals surface area contributed by atoms with Crippen molar-refractivity contribution in [3.63, 3.8) is 0 Å². The van der Waals surface area contributed by atoms with Crippen molar-refractivity contribution in [3.8, 4) is 0 Å². The lowest BCUT2D eigenvalue weighted by Gasteiger charge is -2.19. The molecule has 1 saturated heterocycles. The van der Waals surface area contributed by atoms with Crippen LogP contribution in [-0.4, -0.2) is 40.9 Å². The molecule has 0 N–H and O–H groups in total. The Kier molecular flexibility index (Phi) is 7.09. The van der Waals surface area contributed by atoms with E-state index in [9.17, 15) is 14.4 Å². The van der Waals surface area contributed by atoms with Crippen LogP contribution in [0.4, 0.5) is 0 Å². The molecule has 1 aliphatic heterocycles. The number of carbonyl (C=O) groups is 3. The van der Waals surface area contributed by atoms with Crippen molar-refractivity contribution in [1.82, 2.24) is 5.06 Å². The quantitative estimate of drug-likeness (QED) is 0.386. The average molecular weight is 329 g/mol. The van der Waals surface area contributed by atoms with Gasteiger partial charge in [0.1, 0.15) is 0 Å². The molecule has 0 aromatic heterocycles. The van der Waals surface area contributed by atoms with E-state index in [0.717, 1.165) is 17.7 Å². The molecule has 0 spiro atoms. The Morgan fingerprint density at radius 3 is 2.27 bits per heavy atom. The normalized spacial score (nSPS) is 15.3. The van der Waals surface area contributed by atoms with Gasteiger partial charge in [0.15, 0.2) is 0 Å². The summed E-state index contributed by atoms with van der Waals surface area (Å²) in [6.07, 6.45) is 1.79. The third-order valence-electron chi connectivity index (χ3n) is 3.18. The van der Waals surface area contributed by atoms with E-state index in [1.807, 2.05) is 0 Å². The van der Waals surface area contributed by atoms with Gasteiger partial charge in [-0.05, 0) is 23.1 Å². The van der Waals surface area contributed by atoms with E-state index in [-0.39, 0.29) is 31.3 Å². The molecule has 2 amide bonds. The van der Waals surface area contributed by atoms with E-state index in [4.69, 9.17) is 21.8 Å². The molecule has 0 bridgehead atoms. The van der Waals surface area contributed by atoms with Gasteiger partial charge in [-0.25, -0.2) is 4.79 Å². The van der Waals surface area contributed by atoms with Crippen molar-refractivity contribution in [2.24, 2.45) is 5.41 Å². The van der Waals surface area contributed by atoms with Crippen LogP contribution in [0.15, 0.2) is 0 Å². The van der Waals surface area contributed by atoms with Crippen molar-refractivity contribution in [2.45, 2.75) is 52.9 Å². The first-order valence-corrected chi connectivity index (χ1v) is 7.80. The number of amides is 2. The molecule has 22 heavy (non-hydrogen) atoms. The van der Waals surface area contributed by atoms with Gasteiger partial charge in [-0.3, -0.25) is 9.59 Å². The first kappa shape index (κ1) is 18.7. The first-order valence-electron chi connectivity index (χ1n) is 7.39. The lowest BCUT2D eigenvalue weighted by molar-refractivity contribution is -0.198. The molecule has 0 aromatic carbocycles. The number of ether oxygens (including phenoxy) is 1. The van der Waals surface area contributed by atoms with Crippen LogP contribution < -0.4 is 0 Å². The number of hydrogen-bond donors (Lipinski definition) is 0. The summed E-state index contributed by atoms with van der Waals surface area (Å²) in [6.45, 7) is 6.93. The van der Waals surface area contributed by atoms with Gasteiger partial charge in [-0.2, -0.15) is 0 Å². The molecule has 0 saturated carbocycles. The Labute approximate surface area is 136 Å². The molecule has 0 aromatic rings. The predicted octanol–water partition coefficient (Wildman–Crippen LogP) is 2.20. The maximum atomic E-state index is 11.5. The van der Waals surface area contributed by atoms with Crippen LogP contribution in [-0.2, 0) is 24.0 Å². The Morgan fingerprint density at radius 2 is 1.73 bits per heavy atom. The van der Waals surface area contributed by atoms with Crippen molar-refractivity contribution in [2.75, 3.05) is 13.2 Å². The fourth-order valence-electron chi connectivity index (χ4n) is 1.77. The minimum absolute atomic E-state index is 0.000771. The Hall–Kier alpha value is -1.34. The Bertz CT molecular complexity index is 439. The molecular weight excluding hydrogens is 306 g/mol. The van der Waals surface area contributed by atoms with E-state index in [1.165, 1.54) is 0 Å². The fourth-order valence-corrected chi connectivity index (χ4v) is 1.92. The third-order valence-corrected chi connectivity index (χ3v) is 3.99. The van der Waals surface area contributed by atoms with Crippen molar-refractivity contribution in [1.29, 1.82) is 0 Å². The Morgan fingerprint density at radius 1 is 1.14 bits per heavy atom. The van der Waals surface area contributed by atoms with E-state index in [2.05, 4.69) is 20.8 Å². The van der Waals surface area contributed by atoms with Gasteiger partial charge in [0.05, 0.1) is 13.0 Å². The molecule has 6 nitrogen and oxygen atoms in total. The van der Waals surface area contributed by atoms with E-state index in [1.54, 1.807) is 0 Å². The molecular formula is C15H23NO5S. The topological polar surface area (TPSA) is 72.9 Å². The molecule has 1 fully saturated rings. The smallest absolute Gasteiger partial charge is 0.335 e. The zero-order valence-corrected chi connectivity index (χ0v) is 14.2. The maximum Gasteiger partial charge on any atom is 0.335 e. The second kappa shape index (κ2) is 8.33. The summed E-state index contributed by atoms with van der Waals surface area (Å²) in [7, 11) is 0. The first-order chi connectivity index (χ1) is 10.2. The standard InChI is InChI=1S/C15H23NO5S/c1-15(2,3)11(22)5-4-9-20-10-8-14(19)21-16-12(17)6-7-13(16)18/h4-10H2,1-3H3. The number of rotatable bonds is 8. The predicted molar refractivity (Wildman–Crippen MR) is 83.9 cm³/mol. The molecule has 1 rings (SSSR count). The summed E-state index contributed by atoms with van der Waals surface area (Å²) in [5.74, 6) is -1.60. The molecule has 7 heteroatoms. The highest BCUT2D eigenvalue weighted by atomic mass is 32.1. The van der Waals surface area contributed by atoms with E-state index < -0.39 is 17.8 Å². The molecule has 124 valence electrons. The second-order valence-corrected chi connectivity index (χ2v) is 6.68. The van der Waals surface area contributed by atoms with Gasteiger partial charge in [0, 0.05) is 19.4 Å². The van der Waals surface area contributed by atoms with E-state index >= 15 is 0 Å². The number of thiocarbonyl (C=S) groups is 1. The molecule has 0 aliphatic carbocycles. The minimum Gasteiger partial charge on any atom is -0.381 e. The molecule has 1 aliphatic rings. The SMILES string of the molecule is CC(C)(C)C(=S)CCCOCCC(=O)ON1C(=O)CCC1=O. The number of imide groups is 1. The lowest BCUT2D eigenvalue weighted by Crippen LogP contribution is -2.32. The number of carbonyl (C=O) groups excluding carboxylic acids is 3. The molecule has 0 atom stereocenters. The summed E-state index contributed by atoms with van der Waals surface area (Å²) < 4.78 is 5.34. The average Bonchev–Trinajstić information content (AvgIpc) is 2.73. The summed E-state index contributed by atoms with van der Waals surface area (Å²) in [4.78, 5) is 39.7. The van der Waals surface area contributed by atoms with Crippen LogP contribution >= 0.6 is 12.2 Å². The Balaban J connectivity index is 2.10. The number of nitrogens with zero attached hydrogens (tertiary/aromatic N) is 1. The largest absolute Gasteiger partial charge is 0.381 e. The highest BCUT2D eigenvalue weighted by molar-refractivity contribution is 7.80. The van der Waals surface area contributed by atoms with Gasteiger partial charge in [-0.15, -0.1) is 5.06 Å². The van der Waals surface area contributed by atoms with Crippen molar-refractivity contribution in [3.05, 3.63) is 0 Å². The second-order valence-electron chi connectivity index (χ2n) is 6.18. The fraction of sp³-hybridized carbons (Fsp3) is 0.733. The summed E-state index contributed by atoms with van der Waals surface area (Å²) in [6, 6.07) is 0. The summed E-state index contributed by atoms with van der Waals surface area (Å²) in [5, 5.41) is 0.546. The highest BCUT2D eigenvalue weighted by Gasteiger charge is 2.32. The van der Waals surface area contributed by atoms with E-state index in [0.29, 0.717) is 11.7 Å². The van der Waals surface area contributed by atoms with Gasteiger partial charge in [0.25, 0.3) is 11.8 Å². The van der Waals surface area contributed by atoms with Gasteiger partial charge >= 0.3 is 5.97 Å². The van der Waals surface area contributed by atoms with Crippen LogP contribution in [0.5, 0.6) is 0 Å². The van der Waals surface area contributed by atoms with Crippen molar-refractivity contribution < 1.29 is 24.0 Å². The third kappa shape index (κ3) is 6.19. The maximum absolute atomic E-state index is 11.5. The van der Waals surface area contributed by atoms with Crippen molar-refractivity contribution >= 4 is 34.9 Å². The zero-order chi connectivity index (χ0) is 16.8. The van der Waals surface area contributed by atoms with Gasteiger partial charge < -0.3 is 9.57 Å². The minimum atomic E-state index is -0.645. The van der Waals surface area contributed by atoms with Crippen LogP contribution in [0, 0.1) is 5.41 Å². The van der Waals surface area contributed by atoms with Crippen LogP contribution in [0.1, 0.15) is 52.9 Å². The molecule has 0 radical (unpaired) electrons. The number of hydrogen-bond acceptors (Lipinski definition) is 6. The number of hydroxylamine groups is 2. The van der Waals surface area contributed by atoms with Crippen LogP contribution in [0.3, 0.4) is 0 Å².